The summed E-state index contributed by atoms with van der Waals surface area (Å²) in [7, 11) is 1.60. The molecule has 0 saturated heterocycles. The number of aromatic hydroxyl groups is 1. The molecule has 0 spiro atoms. The minimum absolute atomic E-state index is 0.0905. The molecule has 32 heavy (non-hydrogen) atoms. The third-order valence-electron chi connectivity index (χ3n) is 4.88. The molecular weight excluding hydrogens is 430 g/mol. The largest absolute Gasteiger partial charge is 0.496 e. The average molecular weight is 450 g/mol. The van der Waals surface area contributed by atoms with Crippen LogP contribution in [0.1, 0.15) is 5.56 Å². The minimum Gasteiger partial charge on any atom is -0.496 e. The number of benzene rings is 3. The molecule has 0 radical (unpaired) electrons. The van der Waals surface area contributed by atoms with Crippen LogP contribution in [-0.2, 0) is 11.3 Å². The highest BCUT2D eigenvalue weighted by Crippen LogP contribution is 2.39. The Hall–Kier alpha value is -3.84. The van der Waals surface area contributed by atoms with Crippen molar-refractivity contribution in [3.05, 3.63) is 83.4 Å². The molecule has 0 fully saturated rings. The van der Waals surface area contributed by atoms with Gasteiger partial charge in [-0.3, -0.25) is 4.79 Å². The summed E-state index contributed by atoms with van der Waals surface area (Å²) in [6.45, 7) is 0.0747. The van der Waals surface area contributed by atoms with Gasteiger partial charge in [0.15, 0.2) is 12.3 Å². The number of halogens is 1. The maximum Gasteiger partial charge on any atom is 0.302 e. The van der Waals surface area contributed by atoms with Gasteiger partial charge in [0.05, 0.1) is 19.2 Å². The zero-order valence-electron chi connectivity index (χ0n) is 17.2. The van der Waals surface area contributed by atoms with E-state index in [1.807, 2.05) is 48.5 Å². The molecule has 4 rings (SSSR count). The molecule has 1 aromatic heterocycles. The first kappa shape index (κ1) is 21.4. The number of carbonyl (C=O) groups excluding carboxylic acids is 1. The van der Waals surface area contributed by atoms with E-state index in [-0.39, 0.29) is 18.2 Å². The summed E-state index contributed by atoms with van der Waals surface area (Å²) in [6, 6.07) is 21.6. The number of nitrogens with zero attached hydrogens (tertiary/aromatic N) is 3. The lowest BCUT2D eigenvalue weighted by Crippen LogP contribution is -2.07. The van der Waals surface area contributed by atoms with Crippen LogP contribution in [0.2, 0.25) is 5.02 Å². The monoisotopic (exact) mass is 449 g/mol. The van der Waals surface area contributed by atoms with Crippen molar-refractivity contribution in [1.29, 1.82) is 0 Å². The van der Waals surface area contributed by atoms with E-state index < -0.39 is 5.91 Å². The molecule has 1 heterocycles. The van der Waals surface area contributed by atoms with Crippen LogP contribution in [0.5, 0.6) is 17.4 Å². The molecule has 0 bridgehead atoms. The number of fused-ring (bicyclic) bond motifs is 1. The molecule has 8 heteroatoms. The lowest BCUT2D eigenvalue weighted by molar-refractivity contribution is -0.120. The van der Waals surface area contributed by atoms with Crippen LogP contribution in [0, 0.1) is 0 Å². The SMILES string of the molecule is COc1ccccc1Cn1c(O)c(N=NC(=O)COc2ccc(Cl)cc2)c2ccccc21. The highest BCUT2D eigenvalue weighted by Gasteiger charge is 2.18. The molecule has 0 aliphatic rings. The first-order valence-electron chi connectivity index (χ1n) is 9.82. The Morgan fingerprint density at radius 1 is 1.03 bits per heavy atom. The van der Waals surface area contributed by atoms with E-state index in [1.165, 1.54) is 0 Å². The number of hydrogen-bond donors (Lipinski definition) is 1. The summed E-state index contributed by atoms with van der Waals surface area (Å²) in [5, 5.41) is 19.9. The molecular formula is C24H20ClN3O4. The second-order valence-corrected chi connectivity index (χ2v) is 7.36. The normalized spacial score (nSPS) is 11.2. The standard InChI is InChI=1S/C24H20ClN3O4/c1-31-21-9-5-2-6-16(21)14-28-20-8-4-3-7-19(20)23(24(28)30)27-26-22(29)15-32-18-12-10-17(25)11-13-18/h2-13,30H,14-15H2,1H3. The van der Waals surface area contributed by atoms with Crippen molar-refractivity contribution < 1.29 is 19.4 Å². The maximum absolute atomic E-state index is 12.2. The first-order valence-corrected chi connectivity index (χ1v) is 10.2. The number of para-hydroxylation sites is 2. The van der Waals surface area contributed by atoms with Gasteiger partial charge in [0.1, 0.15) is 11.5 Å². The number of methoxy groups -OCH3 is 1. The fourth-order valence-corrected chi connectivity index (χ4v) is 3.47. The van der Waals surface area contributed by atoms with Crippen molar-refractivity contribution in [2.75, 3.05) is 13.7 Å². The molecule has 0 atom stereocenters. The molecule has 0 aliphatic carbocycles. The van der Waals surface area contributed by atoms with Gasteiger partial charge in [0.25, 0.3) is 0 Å². The summed E-state index contributed by atoms with van der Waals surface area (Å²) in [5.41, 5.74) is 1.87. The number of ether oxygens (including phenoxy) is 2. The number of amides is 1. The summed E-state index contributed by atoms with van der Waals surface area (Å²) in [4.78, 5) is 12.2. The topological polar surface area (TPSA) is 85.4 Å². The maximum atomic E-state index is 12.2. The van der Waals surface area contributed by atoms with Gasteiger partial charge in [0, 0.05) is 16.0 Å². The van der Waals surface area contributed by atoms with E-state index in [4.69, 9.17) is 21.1 Å². The summed E-state index contributed by atoms with van der Waals surface area (Å²) in [6.07, 6.45) is 0. The molecule has 0 aliphatic heterocycles. The molecule has 4 aromatic rings. The zero-order valence-corrected chi connectivity index (χ0v) is 18.0. The van der Waals surface area contributed by atoms with Crippen molar-refractivity contribution in [3.63, 3.8) is 0 Å². The summed E-state index contributed by atoms with van der Waals surface area (Å²) < 4.78 is 12.5. The quantitative estimate of drug-likeness (QED) is 0.364. The highest BCUT2D eigenvalue weighted by molar-refractivity contribution is 6.30. The lowest BCUT2D eigenvalue weighted by Gasteiger charge is -2.11. The van der Waals surface area contributed by atoms with Crippen molar-refractivity contribution in [2.45, 2.75) is 6.54 Å². The third kappa shape index (κ3) is 4.58. The number of aromatic nitrogens is 1. The van der Waals surface area contributed by atoms with Gasteiger partial charge in [-0.15, -0.1) is 10.2 Å². The Balaban J connectivity index is 1.58. The zero-order chi connectivity index (χ0) is 22.5. The van der Waals surface area contributed by atoms with Gasteiger partial charge >= 0.3 is 5.91 Å². The van der Waals surface area contributed by atoms with Crippen LogP contribution in [0.25, 0.3) is 10.9 Å². The van der Waals surface area contributed by atoms with Gasteiger partial charge < -0.3 is 19.1 Å². The number of rotatable bonds is 7. The van der Waals surface area contributed by atoms with E-state index in [1.54, 1.807) is 35.9 Å². The van der Waals surface area contributed by atoms with Crippen LogP contribution in [-0.4, -0.2) is 29.3 Å². The van der Waals surface area contributed by atoms with E-state index in [0.717, 1.165) is 11.1 Å². The smallest absolute Gasteiger partial charge is 0.302 e. The van der Waals surface area contributed by atoms with E-state index in [9.17, 15) is 9.90 Å². The second kappa shape index (κ2) is 9.53. The molecule has 1 amide bonds. The molecule has 0 saturated carbocycles. The third-order valence-corrected chi connectivity index (χ3v) is 5.13. The Morgan fingerprint density at radius 2 is 1.75 bits per heavy atom. The Bertz CT molecular complexity index is 1280. The Labute approximate surface area is 189 Å². The summed E-state index contributed by atoms with van der Waals surface area (Å²) in [5.74, 6) is 0.532. The predicted octanol–water partition coefficient (Wildman–Crippen LogP) is 5.75. The van der Waals surface area contributed by atoms with Crippen molar-refractivity contribution in [2.24, 2.45) is 10.2 Å². The van der Waals surface area contributed by atoms with Crippen LogP contribution >= 0.6 is 11.6 Å². The molecule has 7 nitrogen and oxygen atoms in total. The van der Waals surface area contributed by atoms with E-state index in [0.29, 0.717) is 28.5 Å². The van der Waals surface area contributed by atoms with Crippen molar-refractivity contribution in [3.8, 4) is 17.4 Å². The van der Waals surface area contributed by atoms with E-state index in [2.05, 4.69) is 10.2 Å². The van der Waals surface area contributed by atoms with Gasteiger partial charge in [0.2, 0.25) is 5.88 Å². The fourth-order valence-electron chi connectivity index (χ4n) is 3.34. The van der Waals surface area contributed by atoms with Crippen LogP contribution in [0.4, 0.5) is 5.69 Å². The minimum atomic E-state index is -0.582. The second-order valence-electron chi connectivity index (χ2n) is 6.92. The van der Waals surface area contributed by atoms with Crippen molar-refractivity contribution in [1.82, 2.24) is 4.57 Å². The average Bonchev–Trinajstić information content (AvgIpc) is 3.08. The van der Waals surface area contributed by atoms with Crippen LogP contribution < -0.4 is 9.47 Å². The van der Waals surface area contributed by atoms with Gasteiger partial charge in [-0.2, -0.15) is 0 Å². The lowest BCUT2D eigenvalue weighted by atomic mass is 10.2. The summed E-state index contributed by atoms with van der Waals surface area (Å²) >= 11 is 5.84. The Kier molecular flexibility index (Phi) is 6.37. The van der Waals surface area contributed by atoms with Gasteiger partial charge in [-0.25, -0.2) is 0 Å². The predicted molar refractivity (Wildman–Crippen MR) is 122 cm³/mol. The van der Waals surface area contributed by atoms with Gasteiger partial charge in [-0.1, -0.05) is 48.0 Å². The molecule has 3 aromatic carbocycles. The highest BCUT2D eigenvalue weighted by atomic mass is 35.5. The van der Waals surface area contributed by atoms with Crippen LogP contribution in [0.15, 0.2) is 83.0 Å². The first-order chi connectivity index (χ1) is 15.6. The Morgan fingerprint density at radius 3 is 2.53 bits per heavy atom. The molecule has 1 N–H and O–H groups in total. The molecule has 0 unspecified atom stereocenters. The van der Waals surface area contributed by atoms with Crippen molar-refractivity contribution >= 4 is 34.1 Å². The number of carbonyl (C=O) groups is 1. The molecule has 162 valence electrons. The number of azo groups is 1. The van der Waals surface area contributed by atoms with E-state index >= 15 is 0 Å². The van der Waals surface area contributed by atoms with Gasteiger partial charge in [-0.05, 0) is 36.4 Å². The fraction of sp³-hybridized carbons (Fsp3) is 0.125. The number of hydrogen-bond acceptors (Lipinski definition) is 5. The van der Waals surface area contributed by atoms with Crippen LogP contribution in [0.3, 0.4) is 0 Å².